The monoisotopic (exact) mass is 334 g/mol. The van der Waals surface area contributed by atoms with Gasteiger partial charge in [0, 0.05) is 12.8 Å². The highest BCUT2D eigenvalue weighted by Crippen LogP contribution is 2.28. The minimum Gasteiger partial charge on any atom is -0.327 e. The fourth-order valence-corrected chi connectivity index (χ4v) is 3.19. The second kappa shape index (κ2) is 5.92. The first-order chi connectivity index (χ1) is 9.29. The first-order valence-corrected chi connectivity index (χ1v) is 9.13. The van der Waals surface area contributed by atoms with Crippen LogP contribution < -0.4 is 0 Å². The van der Waals surface area contributed by atoms with Crippen molar-refractivity contribution < 1.29 is 8.42 Å². The van der Waals surface area contributed by atoms with Crippen LogP contribution >= 0.6 is 23.2 Å². The molecule has 0 amide bonds. The summed E-state index contributed by atoms with van der Waals surface area (Å²) in [5.41, 5.74) is 1.59. The van der Waals surface area contributed by atoms with E-state index in [1.165, 1.54) is 6.26 Å². The molecule has 4 nitrogen and oxygen atoms in total. The summed E-state index contributed by atoms with van der Waals surface area (Å²) in [6.07, 6.45) is 1.76. The van der Waals surface area contributed by atoms with E-state index in [9.17, 15) is 8.42 Å². The van der Waals surface area contributed by atoms with Gasteiger partial charge in [-0.2, -0.15) is 0 Å². The number of benzene rings is 1. The van der Waals surface area contributed by atoms with Gasteiger partial charge in [-0.1, -0.05) is 17.7 Å². The van der Waals surface area contributed by atoms with Gasteiger partial charge in [-0.3, -0.25) is 0 Å². The second-order valence-electron chi connectivity index (χ2n) is 4.83. The van der Waals surface area contributed by atoms with E-state index < -0.39 is 9.84 Å². The van der Waals surface area contributed by atoms with Crippen LogP contribution in [0.3, 0.4) is 0 Å². The van der Waals surface area contributed by atoms with Crippen LogP contribution in [0.15, 0.2) is 18.2 Å². The van der Waals surface area contributed by atoms with Gasteiger partial charge in [0.2, 0.25) is 0 Å². The molecule has 1 aromatic heterocycles. The number of nitrogens with zero attached hydrogens (tertiary/aromatic N) is 2. The van der Waals surface area contributed by atoms with Crippen molar-refractivity contribution in [2.45, 2.75) is 25.3 Å². The van der Waals surface area contributed by atoms with Crippen LogP contribution in [0.4, 0.5) is 0 Å². The summed E-state index contributed by atoms with van der Waals surface area (Å²) in [4.78, 5) is 4.48. The van der Waals surface area contributed by atoms with Gasteiger partial charge in [0.1, 0.15) is 21.2 Å². The van der Waals surface area contributed by atoms with Gasteiger partial charge < -0.3 is 4.57 Å². The Morgan fingerprint density at radius 1 is 1.40 bits per heavy atom. The van der Waals surface area contributed by atoms with Crippen molar-refractivity contribution in [3.05, 3.63) is 29.0 Å². The summed E-state index contributed by atoms with van der Waals surface area (Å²) in [5.74, 6) is 0.854. The number of para-hydroxylation sites is 1. The summed E-state index contributed by atoms with van der Waals surface area (Å²) < 4.78 is 24.4. The van der Waals surface area contributed by atoms with Crippen molar-refractivity contribution in [1.29, 1.82) is 0 Å². The second-order valence-corrected chi connectivity index (χ2v) is 8.15. The van der Waals surface area contributed by atoms with E-state index in [4.69, 9.17) is 23.2 Å². The van der Waals surface area contributed by atoms with Crippen LogP contribution in [0.25, 0.3) is 11.0 Å². The van der Waals surface area contributed by atoms with E-state index in [1.54, 1.807) is 6.07 Å². The molecule has 110 valence electrons. The maximum atomic E-state index is 11.2. The molecule has 0 radical (unpaired) electrons. The molecule has 1 heterocycles. The molecule has 0 bridgehead atoms. The fourth-order valence-electron chi connectivity index (χ4n) is 2.15. The van der Waals surface area contributed by atoms with Crippen molar-refractivity contribution >= 4 is 44.1 Å². The van der Waals surface area contributed by atoms with Crippen LogP contribution in [-0.4, -0.2) is 30.0 Å². The molecule has 20 heavy (non-hydrogen) atoms. The lowest BCUT2D eigenvalue weighted by Gasteiger charge is -2.10. The summed E-state index contributed by atoms with van der Waals surface area (Å²) >= 11 is 12.3. The van der Waals surface area contributed by atoms with Crippen LogP contribution in [0.2, 0.25) is 5.02 Å². The molecule has 1 atom stereocenters. The maximum Gasteiger partial charge on any atom is 0.147 e. The Bertz CT molecular complexity index is 723. The summed E-state index contributed by atoms with van der Waals surface area (Å²) in [6.45, 7) is 2.39. The zero-order valence-corrected chi connectivity index (χ0v) is 13.6. The van der Waals surface area contributed by atoms with E-state index in [-0.39, 0.29) is 11.1 Å². The number of aromatic nitrogens is 2. The Morgan fingerprint density at radius 3 is 2.70 bits per heavy atom. The first-order valence-electron chi connectivity index (χ1n) is 6.26. The van der Waals surface area contributed by atoms with Gasteiger partial charge >= 0.3 is 0 Å². The molecule has 0 aliphatic heterocycles. The van der Waals surface area contributed by atoms with E-state index in [0.29, 0.717) is 29.3 Å². The standard InChI is InChI=1S/C13H16Cl2N2O2S/c1-9(14)13-16-12-10(15)5-3-6-11(12)17(13)7-4-8-20(2,18)19/h3,5-6,9H,4,7-8H2,1-2H3. The number of rotatable bonds is 5. The number of hydrogen-bond acceptors (Lipinski definition) is 3. The lowest BCUT2D eigenvalue weighted by molar-refractivity contribution is 0.590. The molecule has 0 N–H and O–H groups in total. The molecule has 7 heteroatoms. The fraction of sp³-hybridized carbons (Fsp3) is 0.462. The minimum atomic E-state index is -2.96. The lowest BCUT2D eigenvalue weighted by atomic mass is 10.3. The topological polar surface area (TPSA) is 52.0 Å². The van der Waals surface area contributed by atoms with Gasteiger partial charge in [0.05, 0.1) is 21.7 Å². The van der Waals surface area contributed by atoms with Crippen LogP contribution in [0, 0.1) is 0 Å². The number of imidazole rings is 1. The lowest BCUT2D eigenvalue weighted by Crippen LogP contribution is -2.10. The molecular weight excluding hydrogens is 319 g/mol. The van der Waals surface area contributed by atoms with Crippen LogP contribution in [-0.2, 0) is 16.4 Å². The predicted octanol–water partition coefficient (Wildman–Crippen LogP) is 3.42. The highest BCUT2D eigenvalue weighted by molar-refractivity contribution is 7.90. The number of hydrogen-bond donors (Lipinski definition) is 0. The van der Waals surface area contributed by atoms with Gasteiger partial charge in [-0.25, -0.2) is 13.4 Å². The third-order valence-electron chi connectivity index (χ3n) is 3.01. The normalized spacial score (nSPS) is 13.8. The predicted molar refractivity (Wildman–Crippen MR) is 83.3 cm³/mol. The highest BCUT2D eigenvalue weighted by Gasteiger charge is 2.16. The zero-order valence-electron chi connectivity index (χ0n) is 11.3. The number of aryl methyl sites for hydroxylation is 1. The molecule has 2 rings (SSSR count). The van der Waals surface area contributed by atoms with Crippen molar-refractivity contribution in [1.82, 2.24) is 9.55 Å². The molecule has 0 aliphatic carbocycles. The Balaban J connectivity index is 2.39. The molecule has 1 unspecified atom stereocenters. The SMILES string of the molecule is CC(Cl)c1nc2c(Cl)cccc2n1CCCS(C)(=O)=O. The number of fused-ring (bicyclic) bond motifs is 1. The maximum absolute atomic E-state index is 11.2. The Morgan fingerprint density at radius 2 is 2.10 bits per heavy atom. The summed E-state index contributed by atoms with van der Waals surface area (Å²) in [7, 11) is -2.96. The van der Waals surface area contributed by atoms with E-state index >= 15 is 0 Å². The molecule has 0 saturated heterocycles. The van der Waals surface area contributed by atoms with Crippen molar-refractivity contribution in [3.8, 4) is 0 Å². The molecule has 0 saturated carbocycles. The van der Waals surface area contributed by atoms with Crippen molar-refractivity contribution in [2.75, 3.05) is 12.0 Å². The molecule has 2 aromatic rings. The quantitative estimate of drug-likeness (QED) is 0.787. The average Bonchev–Trinajstić information content (AvgIpc) is 2.68. The number of halogens is 2. The van der Waals surface area contributed by atoms with E-state index in [0.717, 1.165) is 5.52 Å². The van der Waals surface area contributed by atoms with Gasteiger partial charge in [-0.05, 0) is 25.5 Å². The highest BCUT2D eigenvalue weighted by atomic mass is 35.5. The third-order valence-corrected chi connectivity index (χ3v) is 4.54. The zero-order chi connectivity index (χ0) is 14.9. The van der Waals surface area contributed by atoms with Gasteiger partial charge in [-0.15, -0.1) is 11.6 Å². The average molecular weight is 335 g/mol. The van der Waals surface area contributed by atoms with Gasteiger partial charge in [0.15, 0.2) is 0 Å². The molecule has 0 aliphatic rings. The first kappa shape index (κ1) is 15.6. The Labute approximate surface area is 128 Å². The largest absolute Gasteiger partial charge is 0.327 e. The number of sulfone groups is 1. The Hall–Kier alpha value is -0.780. The molecule has 1 aromatic carbocycles. The smallest absolute Gasteiger partial charge is 0.147 e. The van der Waals surface area contributed by atoms with Crippen LogP contribution in [0.5, 0.6) is 0 Å². The van der Waals surface area contributed by atoms with E-state index in [1.807, 2.05) is 23.6 Å². The van der Waals surface area contributed by atoms with Crippen molar-refractivity contribution in [3.63, 3.8) is 0 Å². The molecular formula is C13H16Cl2N2O2S. The van der Waals surface area contributed by atoms with Gasteiger partial charge in [0.25, 0.3) is 0 Å². The van der Waals surface area contributed by atoms with Crippen LogP contribution in [0.1, 0.15) is 24.5 Å². The van der Waals surface area contributed by atoms with Crippen molar-refractivity contribution in [2.24, 2.45) is 0 Å². The minimum absolute atomic E-state index is 0.142. The molecule has 0 spiro atoms. The molecule has 0 fully saturated rings. The third kappa shape index (κ3) is 3.45. The Kier molecular flexibility index (Phi) is 4.62. The van der Waals surface area contributed by atoms with E-state index in [2.05, 4.69) is 4.98 Å². The number of alkyl halides is 1. The summed E-state index contributed by atoms with van der Waals surface area (Å²) in [5, 5.41) is 0.305. The summed E-state index contributed by atoms with van der Waals surface area (Å²) in [6, 6.07) is 5.54.